The molecular formula is C15H13Cl2F2N. The summed E-state index contributed by atoms with van der Waals surface area (Å²) >= 11 is 11.8. The average Bonchev–Trinajstić information content (AvgIpc) is 2.42. The van der Waals surface area contributed by atoms with Crippen LogP contribution in [0.5, 0.6) is 0 Å². The van der Waals surface area contributed by atoms with Crippen LogP contribution in [-0.4, -0.2) is 7.05 Å². The number of halogens is 4. The molecule has 106 valence electrons. The lowest BCUT2D eigenvalue weighted by Crippen LogP contribution is -2.20. The molecule has 0 fully saturated rings. The van der Waals surface area contributed by atoms with Gasteiger partial charge in [-0.3, -0.25) is 0 Å². The summed E-state index contributed by atoms with van der Waals surface area (Å²) in [5.41, 5.74) is 1.20. The molecule has 0 radical (unpaired) electrons. The maximum absolute atomic E-state index is 14.0. The second-order valence-corrected chi connectivity index (χ2v) is 5.24. The molecule has 0 spiro atoms. The van der Waals surface area contributed by atoms with Crippen molar-refractivity contribution in [2.45, 2.75) is 12.5 Å². The van der Waals surface area contributed by atoms with Crippen molar-refractivity contribution in [1.29, 1.82) is 0 Å². The van der Waals surface area contributed by atoms with Gasteiger partial charge in [0.15, 0.2) is 0 Å². The third kappa shape index (κ3) is 3.29. The highest BCUT2D eigenvalue weighted by Gasteiger charge is 2.17. The van der Waals surface area contributed by atoms with Gasteiger partial charge in [-0.05, 0) is 37.2 Å². The molecule has 1 nitrogen and oxygen atoms in total. The molecule has 1 N–H and O–H groups in total. The molecule has 1 atom stereocenters. The molecule has 0 bridgehead atoms. The van der Waals surface area contributed by atoms with Crippen molar-refractivity contribution < 1.29 is 8.78 Å². The van der Waals surface area contributed by atoms with Crippen LogP contribution in [0, 0.1) is 11.6 Å². The Morgan fingerprint density at radius 1 is 1.10 bits per heavy atom. The summed E-state index contributed by atoms with van der Waals surface area (Å²) in [6, 6.07) is 8.75. The summed E-state index contributed by atoms with van der Waals surface area (Å²) in [4.78, 5) is 0. The Bertz CT molecular complexity index is 617. The summed E-state index contributed by atoms with van der Waals surface area (Å²) in [7, 11) is 1.72. The summed E-state index contributed by atoms with van der Waals surface area (Å²) < 4.78 is 27.1. The quantitative estimate of drug-likeness (QED) is 0.856. The topological polar surface area (TPSA) is 12.0 Å². The first-order chi connectivity index (χ1) is 9.52. The number of hydrogen-bond acceptors (Lipinski definition) is 1. The zero-order valence-corrected chi connectivity index (χ0v) is 12.3. The first-order valence-corrected chi connectivity index (χ1v) is 6.83. The predicted octanol–water partition coefficient (Wildman–Crippen LogP) is 4.77. The Morgan fingerprint density at radius 3 is 2.50 bits per heavy atom. The maximum atomic E-state index is 14.0. The van der Waals surface area contributed by atoms with Crippen LogP contribution in [0.15, 0.2) is 36.4 Å². The van der Waals surface area contributed by atoms with Crippen molar-refractivity contribution in [3.63, 3.8) is 0 Å². The zero-order valence-electron chi connectivity index (χ0n) is 10.8. The van der Waals surface area contributed by atoms with Crippen molar-refractivity contribution in [2.24, 2.45) is 0 Å². The van der Waals surface area contributed by atoms with Gasteiger partial charge < -0.3 is 5.32 Å². The van der Waals surface area contributed by atoms with Gasteiger partial charge in [-0.25, -0.2) is 8.78 Å². The number of rotatable bonds is 4. The van der Waals surface area contributed by atoms with E-state index in [-0.39, 0.29) is 11.1 Å². The molecule has 0 aliphatic heterocycles. The standard InChI is InChI=1S/C15H13Cl2F2N/c1-20-14(11-3-2-4-12(16)15(11)19)7-9-5-6-10(18)8-13(9)17/h2-6,8,14,20H,7H2,1H3. The molecule has 0 saturated heterocycles. The first-order valence-electron chi connectivity index (χ1n) is 6.08. The number of benzene rings is 2. The summed E-state index contributed by atoms with van der Waals surface area (Å²) in [6.45, 7) is 0. The molecule has 2 aromatic rings. The third-order valence-electron chi connectivity index (χ3n) is 3.14. The Morgan fingerprint density at radius 2 is 1.85 bits per heavy atom. The molecule has 0 saturated carbocycles. The van der Waals surface area contributed by atoms with Gasteiger partial charge in [0.1, 0.15) is 11.6 Å². The Labute approximate surface area is 126 Å². The highest BCUT2D eigenvalue weighted by atomic mass is 35.5. The van der Waals surface area contributed by atoms with E-state index in [0.717, 1.165) is 5.56 Å². The van der Waals surface area contributed by atoms with Gasteiger partial charge in [-0.1, -0.05) is 41.4 Å². The molecule has 2 aromatic carbocycles. The van der Waals surface area contributed by atoms with E-state index in [0.29, 0.717) is 17.0 Å². The van der Waals surface area contributed by atoms with E-state index < -0.39 is 11.6 Å². The minimum absolute atomic E-state index is 0.0768. The third-order valence-corrected chi connectivity index (χ3v) is 3.79. The molecule has 2 rings (SSSR count). The number of likely N-dealkylation sites (N-methyl/N-ethyl adjacent to an activating group) is 1. The van der Waals surface area contributed by atoms with Gasteiger partial charge in [0.2, 0.25) is 0 Å². The number of nitrogens with one attached hydrogen (secondary N) is 1. The van der Waals surface area contributed by atoms with Crippen molar-refractivity contribution in [3.8, 4) is 0 Å². The minimum atomic E-state index is -0.452. The van der Waals surface area contributed by atoms with E-state index >= 15 is 0 Å². The zero-order chi connectivity index (χ0) is 14.7. The molecule has 0 aliphatic carbocycles. The SMILES string of the molecule is CNC(Cc1ccc(F)cc1Cl)c1cccc(Cl)c1F. The van der Waals surface area contributed by atoms with Crippen molar-refractivity contribution in [2.75, 3.05) is 7.05 Å². The lowest BCUT2D eigenvalue weighted by molar-refractivity contribution is 0.533. The monoisotopic (exact) mass is 315 g/mol. The van der Waals surface area contributed by atoms with Gasteiger partial charge >= 0.3 is 0 Å². The Hall–Kier alpha value is -1.16. The van der Waals surface area contributed by atoms with E-state index in [1.54, 1.807) is 25.2 Å². The lowest BCUT2D eigenvalue weighted by atomic mass is 9.98. The predicted molar refractivity (Wildman–Crippen MR) is 78.3 cm³/mol. The molecule has 1 unspecified atom stereocenters. The van der Waals surface area contributed by atoms with Gasteiger partial charge in [-0.2, -0.15) is 0 Å². The fourth-order valence-electron chi connectivity index (χ4n) is 2.06. The van der Waals surface area contributed by atoms with Crippen molar-refractivity contribution in [3.05, 3.63) is 69.2 Å². The molecular weight excluding hydrogens is 303 g/mol. The van der Waals surface area contributed by atoms with Crippen LogP contribution in [0.3, 0.4) is 0 Å². The van der Waals surface area contributed by atoms with Crippen LogP contribution < -0.4 is 5.32 Å². The van der Waals surface area contributed by atoms with Crippen molar-refractivity contribution in [1.82, 2.24) is 5.32 Å². The second-order valence-electron chi connectivity index (χ2n) is 4.42. The minimum Gasteiger partial charge on any atom is -0.313 e. The van der Waals surface area contributed by atoms with E-state index in [2.05, 4.69) is 5.32 Å². The van der Waals surface area contributed by atoms with Gasteiger partial charge in [0.25, 0.3) is 0 Å². The fraction of sp³-hybridized carbons (Fsp3) is 0.200. The second kappa shape index (κ2) is 6.53. The average molecular weight is 316 g/mol. The Balaban J connectivity index is 2.31. The summed E-state index contributed by atoms with van der Waals surface area (Å²) in [5.74, 6) is -0.847. The molecule has 5 heteroatoms. The van der Waals surface area contributed by atoms with Crippen LogP contribution >= 0.6 is 23.2 Å². The first kappa shape index (κ1) is 15.2. The van der Waals surface area contributed by atoms with Crippen LogP contribution in [-0.2, 0) is 6.42 Å². The summed E-state index contributed by atoms with van der Waals surface area (Å²) in [5, 5.41) is 3.43. The van der Waals surface area contributed by atoms with E-state index in [4.69, 9.17) is 23.2 Å². The van der Waals surface area contributed by atoms with Gasteiger partial charge in [-0.15, -0.1) is 0 Å². The fourth-order valence-corrected chi connectivity index (χ4v) is 2.49. The van der Waals surface area contributed by atoms with Crippen molar-refractivity contribution >= 4 is 23.2 Å². The number of hydrogen-bond donors (Lipinski definition) is 1. The van der Waals surface area contributed by atoms with E-state index in [1.165, 1.54) is 18.2 Å². The van der Waals surface area contributed by atoms with Crippen LogP contribution in [0.4, 0.5) is 8.78 Å². The van der Waals surface area contributed by atoms with Gasteiger partial charge in [0.05, 0.1) is 5.02 Å². The highest BCUT2D eigenvalue weighted by molar-refractivity contribution is 6.31. The van der Waals surface area contributed by atoms with Crippen LogP contribution in [0.25, 0.3) is 0 Å². The van der Waals surface area contributed by atoms with Crippen LogP contribution in [0.2, 0.25) is 10.0 Å². The van der Waals surface area contributed by atoms with E-state index in [9.17, 15) is 8.78 Å². The van der Waals surface area contributed by atoms with Crippen LogP contribution in [0.1, 0.15) is 17.2 Å². The maximum Gasteiger partial charge on any atom is 0.146 e. The van der Waals surface area contributed by atoms with E-state index in [1.807, 2.05) is 0 Å². The molecule has 0 heterocycles. The molecule has 20 heavy (non-hydrogen) atoms. The molecule has 0 aliphatic rings. The molecule has 0 amide bonds. The molecule has 0 aromatic heterocycles. The summed E-state index contributed by atoms with van der Waals surface area (Å²) in [6.07, 6.45) is 0.437. The van der Waals surface area contributed by atoms with Gasteiger partial charge in [0, 0.05) is 16.6 Å². The lowest BCUT2D eigenvalue weighted by Gasteiger charge is -2.18. The largest absolute Gasteiger partial charge is 0.313 e. The normalized spacial score (nSPS) is 12.4. The smallest absolute Gasteiger partial charge is 0.146 e. The highest BCUT2D eigenvalue weighted by Crippen LogP contribution is 2.28. The Kier molecular flexibility index (Phi) is 4.97.